The van der Waals surface area contributed by atoms with E-state index in [2.05, 4.69) is 27.4 Å². The Hall–Kier alpha value is -1.87. The molecule has 0 unspecified atom stereocenters. The zero-order chi connectivity index (χ0) is 19.6. The number of carbonyl (C=O) groups excluding carboxylic acids is 1. The third-order valence-electron chi connectivity index (χ3n) is 6.74. The van der Waals surface area contributed by atoms with Gasteiger partial charge >= 0.3 is 5.97 Å². The summed E-state index contributed by atoms with van der Waals surface area (Å²) in [7, 11) is 0. The van der Waals surface area contributed by atoms with Crippen molar-refractivity contribution in [1.82, 2.24) is 0 Å². The highest BCUT2D eigenvalue weighted by molar-refractivity contribution is 5.87. The van der Waals surface area contributed by atoms with Crippen LogP contribution in [-0.2, 0) is 9.53 Å². The van der Waals surface area contributed by atoms with Crippen LogP contribution >= 0.6 is 0 Å². The van der Waals surface area contributed by atoms with Crippen molar-refractivity contribution in [2.24, 2.45) is 23.2 Å². The lowest BCUT2D eigenvalue weighted by Crippen LogP contribution is -2.55. The highest BCUT2D eigenvalue weighted by Gasteiger charge is 2.54. The van der Waals surface area contributed by atoms with Crippen molar-refractivity contribution < 1.29 is 14.6 Å². The summed E-state index contributed by atoms with van der Waals surface area (Å²) in [5.74, 6) is 0.416. The van der Waals surface area contributed by atoms with Gasteiger partial charge in [-0.3, -0.25) is 0 Å². The van der Waals surface area contributed by atoms with Crippen molar-refractivity contribution in [2.45, 2.75) is 58.7 Å². The zero-order valence-electron chi connectivity index (χ0n) is 16.7. The van der Waals surface area contributed by atoms with Gasteiger partial charge in [-0.15, -0.1) is 0 Å². The quantitative estimate of drug-likeness (QED) is 0.461. The minimum absolute atomic E-state index is 0.0245. The van der Waals surface area contributed by atoms with E-state index in [-0.39, 0.29) is 29.5 Å². The lowest BCUT2D eigenvalue weighted by molar-refractivity contribution is -0.169. The van der Waals surface area contributed by atoms with Gasteiger partial charge in [0, 0.05) is 17.4 Å². The molecule has 0 aromatic heterocycles. The van der Waals surface area contributed by atoms with Crippen LogP contribution in [0.1, 0.15) is 52.0 Å². The van der Waals surface area contributed by atoms with Crippen LogP contribution in [-0.4, -0.2) is 23.3 Å². The number of ether oxygens (including phenoxy) is 1. The molecule has 0 spiro atoms. The normalized spacial score (nSPS) is 33.9. The molecule has 1 aromatic carbocycles. The molecule has 0 saturated heterocycles. The van der Waals surface area contributed by atoms with E-state index in [9.17, 15) is 9.90 Å². The molecule has 1 aromatic rings. The number of fused-ring (bicyclic) bond motifs is 1. The molecule has 27 heavy (non-hydrogen) atoms. The predicted octanol–water partition coefficient (Wildman–Crippen LogP) is 5.01. The summed E-state index contributed by atoms with van der Waals surface area (Å²) < 4.78 is 6.04. The third kappa shape index (κ3) is 4.03. The second-order valence-electron chi connectivity index (χ2n) is 8.79. The van der Waals surface area contributed by atoms with Gasteiger partial charge in [0.05, 0.1) is 6.10 Å². The van der Waals surface area contributed by atoms with E-state index in [0.29, 0.717) is 11.8 Å². The number of carbonyl (C=O) groups is 1. The molecule has 0 radical (unpaired) electrons. The van der Waals surface area contributed by atoms with Gasteiger partial charge in [0.1, 0.15) is 6.10 Å². The number of esters is 1. The van der Waals surface area contributed by atoms with E-state index in [1.807, 2.05) is 30.3 Å². The van der Waals surface area contributed by atoms with Crippen LogP contribution in [0.2, 0.25) is 0 Å². The number of hydrogen-bond acceptors (Lipinski definition) is 3. The maximum atomic E-state index is 12.6. The zero-order valence-corrected chi connectivity index (χ0v) is 16.7. The molecule has 2 fully saturated rings. The molecule has 0 bridgehead atoms. The second kappa shape index (κ2) is 8.02. The summed E-state index contributed by atoms with van der Waals surface area (Å²) >= 11 is 0. The second-order valence-corrected chi connectivity index (χ2v) is 8.79. The smallest absolute Gasteiger partial charge is 0.331 e. The first-order chi connectivity index (χ1) is 12.8. The first-order valence-corrected chi connectivity index (χ1v) is 10.1. The molecular weight excluding hydrogens is 336 g/mol. The Morgan fingerprint density at radius 1 is 1.30 bits per heavy atom. The standard InChI is InChI=1S/C24H32O3/c1-16(2)19-14-15-24(4)20(25)12-10-17(3)22(24)23(19)27-21(26)13-11-18-8-6-5-7-9-18/h5-9,11,13,16,19-20,22-23,25H,3,10,12,14-15H2,1-2,4H3/t19-,20+,22+,23+,24-/m0/s1. The summed E-state index contributed by atoms with van der Waals surface area (Å²) in [4.78, 5) is 12.6. The highest BCUT2D eigenvalue weighted by atomic mass is 16.5. The van der Waals surface area contributed by atoms with E-state index in [4.69, 9.17) is 4.74 Å². The molecule has 2 saturated carbocycles. The average Bonchev–Trinajstić information content (AvgIpc) is 2.64. The molecule has 0 amide bonds. The monoisotopic (exact) mass is 368 g/mol. The highest BCUT2D eigenvalue weighted by Crippen LogP contribution is 2.55. The van der Waals surface area contributed by atoms with Crippen LogP contribution in [0.4, 0.5) is 0 Å². The van der Waals surface area contributed by atoms with Crippen LogP contribution in [0.3, 0.4) is 0 Å². The van der Waals surface area contributed by atoms with Gasteiger partial charge < -0.3 is 9.84 Å². The van der Waals surface area contributed by atoms with Crippen LogP contribution in [0.25, 0.3) is 6.08 Å². The Labute approximate surface area is 163 Å². The van der Waals surface area contributed by atoms with E-state index in [0.717, 1.165) is 36.8 Å². The number of benzene rings is 1. The molecule has 2 aliphatic carbocycles. The Bertz CT molecular complexity index is 706. The van der Waals surface area contributed by atoms with Gasteiger partial charge in [0.25, 0.3) is 0 Å². The van der Waals surface area contributed by atoms with Gasteiger partial charge in [-0.1, -0.05) is 63.3 Å². The number of rotatable bonds is 4. The first-order valence-electron chi connectivity index (χ1n) is 10.1. The lowest BCUT2D eigenvalue weighted by Gasteiger charge is -2.55. The van der Waals surface area contributed by atoms with Crippen LogP contribution < -0.4 is 0 Å². The fourth-order valence-corrected chi connectivity index (χ4v) is 5.07. The van der Waals surface area contributed by atoms with Crippen LogP contribution in [0.15, 0.2) is 48.6 Å². The number of aliphatic hydroxyl groups is 1. The minimum Gasteiger partial charge on any atom is -0.458 e. The fraction of sp³-hybridized carbons (Fsp3) is 0.542. The Morgan fingerprint density at radius 2 is 2.00 bits per heavy atom. The van der Waals surface area contributed by atoms with E-state index >= 15 is 0 Å². The van der Waals surface area contributed by atoms with Crippen molar-refractivity contribution in [3.8, 4) is 0 Å². The summed E-state index contributed by atoms with van der Waals surface area (Å²) in [6.45, 7) is 10.8. The van der Waals surface area contributed by atoms with Crippen molar-refractivity contribution in [1.29, 1.82) is 0 Å². The van der Waals surface area contributed by atoms with E-state index in [1.165, 1.54) is 6.08 Å². The van der Waals surface area contributed by atoms with Crippen LogP contribution in [0.5, 0.6) is 0 Å². The maximum absolute atomic E-state index is 12.6. The number of hydrogen-bond donors (Lipinski definition) is 1. The third-order valence-corrected chi connectivity index (χ3v) is 6.74. The summed E-state index contributed by atoms with van der Waals surface area (Å²) in [5, 5.41) is 10.7. The molecule has 2 aliphatic rings. The van der Waals surface area contributed by atoms with E-state index in [1.54, 1.807) is 6.08 Å². The lowest BCUT2D eigenvalue weighted by atomic mass is 9.53. The number of aliphatic hydroxyl groups excluding tert-OH is 1. The molecule has 3 heteroatoms. The summed E-state index contributed by atoms with van der Waals surface area (Å²) in [6.07, 6.45) is 6.21. The van der Waals surface area contributed by atoms with Gasteiger partial charge in [0.2, 0.25) is 0 Å². The first kappa shape index (κ1) is 19.9. The van der Waals surface area contributed by atoms with Gasteiger partial charge in [0.15, 0.2) is 0 Å². The maximum Gasteiger partial charge on any atom is 0.331 e. The molecule has 146 valence electrons. The summed E-state index contributed by atoms with van der Waals surface area (Å²) in [6, 6.07) is 9.75. The Balaban J connectivity index is 1.83. The van der Waals surface area contributed by atoms with Crippen molar-refractivity contribution in [3.05, 3.63) is 54.1 Å². The molecule has 3 nitrogen and oxygen atoms in total. The van der Waals surface area contributed by atoms with Gasteiger partial charge in [-0.2, -0.15) is 0 Å². The predicted molar refractivity (Wildman–Crippen MR) is 109 cm³/mol. The van der Waals surface area contributed by atoms with Crippen molar-refractivity contribution in [2.75, 3.05) is 0 Å². The van der Waals surface area contributed by atoms with Gasteiger partial charge in [-0.25, -0.2) is 4.79 Å². The van der Waals surface area contributed by atoms with Crippen LogP contribution in [0, 0.1) is 23.2 Å². The van der Waals surface area contributed by atoms with Gasteiger partial charge in [-0.05, 0) is 49.2 Å². The largest absolute Gasteiger partial charge is 0.458 e. The molecule has 0 aliphatic heterocycles. The average molecular weight is 369 g/mol. The van der Waals surface area contributed by atoms with Crippen molar-refractivity contribution >= 4 is 12.0 Å². The molecular formula is C24H32O3. The topological polar surface area (TPSA) is 46.5 Å². The Kier molecular flexibility index (Phi) is 5.90. The molecule has 1 N–H and O–H groups in total. The van der Waals surface area contributed by atoms with Crippen molar-refractivity contribution in [3.63, 3.8) is 0 Å². The molecule has 5 atom stereocenters. The molecule has 3 rings (SSSR count). The fourth-order valence-electron chi connectivity index (χ4n) is 5.07. The summed E-state index contributed by atoms with van der Waals surface area (Å²) in [5.41, 5.74) is 1.84. The van der Waals surface area contributed by atoms with E-state index < -0.39 is 0 Å². The molecule has 0 heterocycles. The Morgan fingerprint density at radius 3 is 2.67 bits per heavy atom. The minimum atomic E-state index is -0.359. The SMILES string of the molecule is C=C1CC[C@@H](O)[C@]2(C)CC[C@@H](C(C)C)[C@@H](OC(=O)C=Cc3ccccc3)[C@@H]12.